The van der Waals surface area contributed by atoms with Crippen LogP contribution in [0.15, 0.2) is 24.3 Å². The maximum Gasteiger partial charge on any atom is 0.333 e. The molecule has 0 spiro atoms. The van der Waals surface area contributed by atoms with E-state index < -0.39 is 28.3 Å². The van der Waals surface area contributed by atoms with Gasteiger partial charge >= 0.3 is 10.3 Å². The molecule has 112 valence electrons. The van der Waals surface area contributed by atoms with Gasteiger partial charge in [-0.05, 0) is 19.9 Å². The highest BCUT2D eigenvalue weighted by Crippen LogP contribution is 2.39. The van der Waals surface area contributed by atoms with Gasteiger partial charge in [-0.1, -0.05) is 18.2 Å². The van der Waals surface area contributed by atoms with Crippen LogP contribution in [0.25, 0.3) is 0 Å². The lowest BCUT2D eigenvalue weighted by atomic mass is 10.0. The predicted molar refractivity (Wildman–Crippen MR) is 73.2 cm³/mol. The average Bonchev–Trinajstić information content (AvgIpc) is 2.62. The maximum absolute atomic E-state index is 10.8. The maximum atomic E-state index is 10.8. The van der Waals surface area contributed by atoms with Crippen LogP contribution in [0.3, 0.4) is 0 Å². The lowest BCUT2D eigenvalue weighted by Crippen LogP contribution is -2.35. The number of benzene rings is 1. The van der Waals surface area contributed by atoms with E-state index in [4.69, 9.17) is 19.8 Å². The first kappa shape index (κ1) is 15.2. The van der Waals surface area contributed by atoms with Gasteiger partial charge in [-0.15, -0.1) is 0 Å². The van der Waals surface area contributed by atoms with Gasteiger partial charge in [0, 0.05) is 17.8 Å². The number of rotatable bonds is 4. The predicted octanol–water partition coefficient (Wildman–Crippen LogP) is 0.854. The molecule has 0 aliphatic carbocycles. The summed E-state index contributed by atoms with van der Waals surface area (Å²) in [5.74, 6) is -0.863. The molecule has 0 radical (unpaired) electrons. The molecule has 20 heavy (non-hydrogen) atoms. The SMILES string of the molecule is CC1(C)OC(CNS(=O)(=O)O)C(c2ccccc2N)O1. The van der Waals surface area contributed by atoms with Crippen molar-refractivity contribution in [1.82, 2.24) is 4.72 Å². The molecule has 1 aromatic carbocycles. The highest BCUT2D eigenvalue weighted by molar-refractivity contribution is 7.83. The second-order valence-corrected chi connectivity index (χ2v) is 6.29. The van der Waals surface area contributed by atoms with E-state index in [1.165, 1.54) is 0 Å². The van der Waals surface area contributed by atoms with Crippen molar-refractivity contribution in [3.8, 4) is 0 Å². The van der Waals surface area contributed by atoms with Gasteiger partial charge in [-0.3, -0.25) is 4.55 Å². The van der Waals surface area contributed by atoms with Crippen LogP contribution in [0.5, 0.6) is 0 Å². The Morgan fingerprint density at radius 1 is 1.35 bits per heavy atom. The Balaban J connectivity index is 2.23. The Morgan fingerprint density at radius 2 is 2.00 bits per heavy atom. The number of nitrogen functional groups attached to an aromatic ring is 1. The van der Waals surface area contributed by atoms with Crippen molar-refractivity contribution >= 4 is 16.0 Å². The van der Waals surface area contributed by atoms with E-state index in [9.17, 15) is 8.42 Å². The number of nitrogens with one attached hydrogen (secondary N) is 1. The molecule has 1 aromatic rings. The van der Waals surface area contributed by atoms with Gasteiger partial charge in [-0.25, -0.2) is 0 Å². The molecule has 2 rings (SSSR count). The fourth-order valence-electron chi connectivity index (χ4n) is 2.21. The summed E-state index contributed by atoms with van der Waals surface area (Å²) in [5.41, 5.74) is 7.17. The van der Waals surface area contributed by atoms with Crippen LogP contribution in [0.4, 0.5) is 5.69 Å². The van der Waals surface area contributed by atoms with Gasteiger partial charge in [0.05, 0.1) is 0 Å². The van der Waals surface area contributed by atoms with Crippen molar-refractivity contribution in [2.45, 2.75) is 31.8 Å². The molecular formula is C12H18N2O5S. The monoisotopic (exact) mass is 302 g/mol. The largest absolute Gasteiger partial charge is 0.398 e. The summed E-state index contributed by atoms with van der Waals surface area (Å²) in [6.07, 6.45) is -1.10. The average molecular weight is 302 g/mol. The van der Waals surface area contributed by atoms with Crippen LogP contribution in [0, 0.1) is 0 Å². The van der Waals surface area contributed by atoms with Crippen molar-refractivity contribution in [3.63, 3.8) is 0 Å². The van der Waals surface area contributed by atoms with Crippen LogP contribution in [0.1, 0.15) is 25.5 Å². The van der Waals surface area contributed by atoms with Crippen LogP contribution < -0.4 is 10.5 Å². The fraction of sp³-hybridized carbons (Fsp3) is 0.500. The quantitative estimate of drug-likeness (QED) is 0.562. The van der Waals surface area contributed by atoms with E-state index in [2.05, 4.69) is 0 Å². The Bertz CT molecular complexity index is 587. The molecule has 7 nitrogen and oxygen atoms in total. The third-order valence-corrected chi connectivity index (χ3v) is 3.48. The number of anilines is 1. The summed E-state index contributed by atoms with van der Waals surface area (Å²) >= 11 is 0. The Hall–Kier alpha value is -1.19. The van der Waals surface area contributed by atoms with E-state index >= 15 is 0 Å². The first-order valence-corrected chi connectivity index (χ1v) is 7.54. The van der Waals surface area contributed by atoms with Gasteiger partial charge in [-0.2, -0.15) is 13.1 Å². The Morgan fingerprint density at radius 3 is 2.60 bits per heavy atom. The van der Waals surface area contributed by atoms with E-state index in [1.807, 2.05) is 10.8 Å². The van der Waals surface area contributed by atoms with Crippen molar-refractivity contribution in [3.05, 3.63) is 29.8 Å². The van der Waals surface area contributed by atoms with Crippen LogP contribution >= 0.6 is 0 Å². The summed E-state index contributed by atoms with van der Waals surface area (Å²) in [5, 5.41) is 0. The van der Waals surface area contributed by atoms with Gasteiger partial charge in [0.15, 0.2) is 5.79 Å². The molecule has 4 N–H and O–H groups in total. The Kier molecular flexibility index (Phi) is 4.03. The Labute approximate surface area is 117 Å². The van der Waals surface area contributed by atoms with Crippen molar-refractivity contribution in [2.24, 2.45) is 0 Å². The molecule has 1 saturated heterocycles. The lowest BCUT2D eigenvalue weighted by molar-refractivity contribution is -0.146. The van der Waals surface area contributed by atoms with Crippen LogP contribution in [0.2, 0.25) is 0 Å². The number of nitrogens with two attached hydrogens (primary N) is 1. The number of para-hydroxylation sites is 1. The van der Waals surface area contributed by atoms with Crippen LogP contribution in [-0.2, 0) is 19.8 Å². The van der Waals surface area contributed by atoms with Gasteiger partial charge in [0.2, 0.25) is 0 Å². The molecule has 1 heterocycles. The molecule has 0 amide bonds. The molecule has 0 saturated carbocycles. The third-order valence-electron chi connectivity index (χ3n) is 2.95. The lowest BCUT2D eigenvalue weighted by Gasteiger charge is -2.18. The summed E-state index contributed by atoms with van der Waals surface area (Å²) in [4.78, 5) is 0. The summed E-state index contributed by atoms with van der Waals surface area (Å²) in [6.45, 7) is 3.35. The van der Waals surface area contributed by atoms with Gasteiger partial charge in [0.25, 0.3) is 0 Å². The minimum absolute atomic E-state index is 0.110. The summed E-state index contributed by atoms with van der Waals surface area (Å²) < 4.78 is 43.8. The molecule has 2 atom stereocenters. The third kappa shape index (κ3) is 3.68. The topological polar surface area (TPSA) is 111 Å². The second kappa shape index (κ2) is 5.30. The van der Waals surface area contributed by atoms with E-state index in [1.54, 1.807) is 32.0 Å². The molecule has 2 unspecified atom stereocenters. The van der Waals surface area contributed by atoms with Crippen molar-refractivity contribution in [1.29, 1.82) is 0 Å². The smallest absolute Gasteiger partial charge is 0.333 e. The second-order valence-electron chi connectivity index (χ2n) is 5.05. The minimum atomic E-state index is -4.28. The number of hydrogen-bond acceptors (Lipinski definition) is 5. The zero-order chi connectivity index (χ0) is 15.0. The highest BCUT2D eigenvalue weighted by Gasteiger charge is 2.42. The van der Waals surface area contributed by atoms with Crippen molar-refractivity contribution in [2.75, 3.05) is 12.3 Å². The minimum Gasteiger partial charge on any atom is -0.398 e. The van der Waals surface area contributed by atoms with Crippen LogP contribution in [-0.4, -0.2) is 31.4 Å². The molecule has 0 aromatic heterocycles. The van der Waals surface area contributed by atoms with E-state index in [-0.39, 0.29) is 6.54 Å². The van der Waals surface area contributed by atoms with Gasteiger partial charge < -0.3 is 15.2 Å². The zero-order valence-corrected chi connectivity index (χ0v) is 12.1. The van der Waals surface area contributed by atoms with E-state index in [0.29, 0.717) is 5.69 Å². The first-order chi connectivity index (χ1) is 9.18. The van der Waals surface area contributed by atoms with Gasteiger partial charge in [0.1, 0.15) is 12.2 Å². The summed E-state index contributed by atoms with van der Waals surface area (Å²) in [7, 11) is -4.28. The fourth-order valence-corrected chi connectivity index (χ4v) is 2.58. The number of hydrogen-bond donors (Lipinski definition) is 3. The highest BCUT2D eigenvalue weighted by atomic mass is 32.2. The molecule has 1 fully saturated rings. The van der Waals surface area contributed by atoms with Crippen molar-refractivity contribution < 1.29 is 22.4 Å². The first-order valence-electron chi connectivity index (χ1n) is 6.10. The molecule has 8 heteroatoms. The normalized spacial score (nSPS) is 25.8. The summed E-state index contributed by atoms with van der Waals surface area (Å²) in [6, 6.07) is 7.14. The zero-order valence-electron chi connectivity index (χ0n) is 11.2. The molecular weight excluding hydrogens is 284 g/mol. The molecule has 1 aliphatic rings. The molecule has 0 bridgehead atoms. The standard InChI is InChI=1S/C12H18N2O5S/c1-12(2)18-10(7-14-20(15,16)17)11(19-12)8-5-3-4-6-9(8)13/h3-6,10-11,14H,7,13H2,1-2H3,(H,15,16,17). The number of ether oxygens (including phenoxy) is 2. The van der Waals surface area contributed by atoms with E-state index in [0.717, 1.165) is 5.56 Å². The molecule has 1 aliphatic heterocycles.